The highest BCUT2D eigenvalue weighted by Crippen LogP contribution is 2.41. The summed E-state index contributed by atoms with van der Waals surface area (Å²) in [7, 11) is -3.91. The van der Waals surface area contributed by atoms with Crippen molar-refractivity contribution in [2.45, 2.75) is 77.2 Å². The molecule has 0 saturated carbocycles. The maximum absolute atomic E-state index is 12.8. The van der Waals surface area contributed by atoms with E-state index in [1.165, 1.54) is 0 Å². The summed E-state index contributed by atoms with van der Waals surface area (Å²) >= 11 is 0. The number of aryl methyl sites for hydroxylation is 1. The molecule has 0 radical (unpaired) electrons. The molecule has 1 unspecified atom stereocenters. The number of hydrogen-bond acceptors (Lipinski definition) is 4. The van der Waals surface area contributed by atoms with E-state index < -0.39 is 16.2 Å². The van der Waals surface area contributed by atoms with Crippen molar-refractivity contribution < 1.29 is 17.7 Å². The van der Waals surface area contributed by atoms with Gasteiger partial charge in [-0.25, -0.2) is 0 Å². The number of benzene rings is 2. The first kappa shape index (κ1) is 22.4. The number of hydrogen-bond donors (Lipinski definition) is 1. The Morgan fingerprint density at radius 2 is 1.39 bits per heavy atom. The molecule has 0 aliphatic heterocycles. The summed E-state index contributed by atoms with van der Waals surface area (Å²) in [5, 5.41) is 10.9. The van der Waals surface area contributed by atoms with Gasteiger partial charge in [0, 0.05) is 0 Å². The van der Waals surface area contributed by atoms with Crippen molar-refractivity contribution in [3.63, 3.8) is 0 Å². The Morgan fingerprint density at radius 1 is 0.929 bits per heavy atom. The quantitative estimate of drug-likeness (QED) is 0.658. The minimum atomic E-state index is -3.91. The molecule has 0 spiro atoms. The van der Waals surface area contributed by atoms with Gasteiger partial charge < -0.3 is 5.11 Å². The summed E-state index contributed by atoms with van der Waals surface area (Å²) in [6.07, 6.45) is -0.688. The fourth-order valence-electron chi connectivity index (χ4n) is 3.17. The van der Waals surface area contributed by atoms with Crippen LogP contribution in [-0.4, -0.2) is 13.5 Å². The molecule has 2 rings (SSSR count). The first-order valence-electron chi connectivity index (χ1n) is 9.51. The van der Waals surface area contributed by atoms with Crippen molar-refractivity contribution in [1.29, 1.82) is 0 Å². The second-order valence-corrected chi connectivity index (χ2v) is 11.0. The van der Waals surface area contributed by atoms with E-state index in [2.05, 4.69) is 0 Å². The first-order chi connectivity index (χ1) is 12.6. The van der Waals surface area contributed by atoms with Crippen molar-refractivity contribution in [2.24, 2.45) is 0 Å². The van der Waals surface area contributed by atoms with E-state index in [1.54, 1.807) is 38.1 Å². The van der Waals surface area contributed by atoms with Gasteiger partial charge in [-0.1, -0.05) is 59.7 Å². The van der Waals surface area contributed by atoms with Crippen LogP contribution in [0.25, 0.3) is 0 Å². The second kappa shape index (κ2) is 7.53. The monoisotopic (exact) mass is 404 g/mol. The molecule has 0 fully saturated rings. The highest BCUT2D eigenvalue weighted by atomic mass is 32.2. The maximum atomic E-state index is 12.8. The maximum Gasteiger partial charge on any atom is 0.297 e. The van der Waals surface area contributed by atoms with Crippen LogP contribution in [0.2, 0.25) is 0 Å². The van der Waals surface area contributed by atoms with Crippen LogP contribution in [0.1, 0.15) is 76.8 Å². The van der Waals surface area contributed by atoms with Gasteiger partial charge >= 0.3 is 0 Å². The van der Waals surface area contributed by atoms with Crippen molar-refractivity contribution in [3.05, 3.63) is 58.7 Å². The molecule has 0 heterocycles. The molecule has 0 aromatic heterocycles. The van der Waals surface area contributed by atoms with Crippen LogP contribution in [0.15, 0.2) is 41.3 Å². The van der Waals surface area contributed by atoms with Crippen LogP contribution in [0.3, 0.4) is 0 Å². The minimum Gasteiger partial charge on any atom is -0.507 e. The fraction of sp³-hybridized carbons (Fsp3) is 0.478. The van der Waals surface area contributed by atoms with Crippen LogP contribution < -0.4 is 0 Å². The smallest absolute Gasteiger partial charge is 0.297 e. The Balaban J connectivity index is 2.54. The van der Waals surface area contributed by atoms with Crippen LogP contribution in [0.4, 0.5) is 0 Å². The largest absolute Gasteiger partial charge is 0.507 e. The van der Waals surface area contributed by atoms with Crippen LogP contribution in [-0.2, 0) is 25.1 Å². The summed E-state index contributed by atoms with van der Waals surface area (Å²) in [5.41, 5.74) is 2.33. The lowest BCUT2D eigenvalue weighted by Crippen LogP contribution is -2.19. The van der Waals surface area contributed by atoms with Crippen molar-refractivity contribution in [1.82, 2.24) is 0 Å². The summed E-state index contributed by atoms with van der Waals surface area (Å²) in [6.45, 7) is 15.6. The molecule has 0 aliphatic carbocycles. The normalized spacial score (nSPS) is 14.1. The Labute approximate surface area is 169 Å². The first-order valence-corrected chi connectivity index (χ1v) is 10.9. The SMILES string of the molecule is Cc1ccccc1S(=O)(=O)OC(C)c1cc(C(C)(C)C)c(O)c(C(C)(C)C)c1. The Morgan fingerprint density at radius 3 is 1.82 bits per heavy atom. The number of rotatable bonds is 4. The number of phenols is 1. The van der Waals surface area contributed by atoms with Gasteiger partial charge in [0.15, 0.2) is 0 Å². The van der Waals surface area contributed by atoms with Gasteiger partial charge in [-0.15, -0.1) is 0 Å². The van der Waals surface area contributed by atoms with E-state index in [0.717, 1.165) is 16.7 Å². The molecule has 154 valence electrons. The van der Waals surface area contributed by atoms with Gasteiger partial charge in [0.05, 0.1) is 11.0 Å². The summed E-state index contributed by atoms with van der Waals surface area (Å²) in [4.78, 5) is 0.174. The van der Waals surface area contributed by atoms with Gasteiger partial charge in [0.1, 0.15) is 5.75 Å². The third kappa shape index (κ3) is 4.76. The molecule has 1 N–H and O–H groups in total. The van der Waals surface area contributed by atoms with E-state index in [1.807, 2.05) is 53.7 Å². The van der Waals surface area contributed by atoms with Crippen LogP contribution >= 0.6 is 0 Å². The van der Waals surface area contributed by atoms with Gasteiger partial charge in [-0.3, -0.25) is 4.18 Å². The lowest BCUT2D eigenvalue weighted by Gasteiger charge is -2.29. The fourth-order valence-corrected chi connectivity index (χ4v) is 4.47. The number of phenolic OH excluding ortho intramolecular Hbond substituents is 1. The predicted molar refractivity (Wildman–Crippen MR) is 113 cm³/mol. The van der Waals surface area contributed by atoms with Crippen molar-refractivity contribution in [2.75, 3.05) is 0 Å². The zero-order valence-electron chi connectivity index (χ0n) is 18.1. The van der Waals surface area contributed by atoms with Gasteiger partial charge in [0.25, 0.3) is 10.1 Å². The lowest BCUT2D eigenvalue weighted by molar-refractivity contribution is 0.233. The average molecular weight is 405 g/mol. The van der Waals surface area contributed by atoms with E-state index in [-0.39, 0.29) is 21.5 Å². The van der Waals surface area contributed by atoms with Crippen LogP contribution in [0, 0.1) is 6.92 Å². The Bertz CT molecular complexity index is 926. The van der Waals surface area contributed by atoms with E-state index >= 15 is 0 Å². The van der Waals surface area contributed by atoms with Gasteiger partial charge in [-0.05, 0) is 65.1 Å². The Hall–Kier alpha value is -1.85. The van der Waals surface area contributed by atoms with Gasteiger partial charge in [-0.2, -0.15) is 8.42 Å². The highest BCUT2D eigenvalue weighted by Gasteiger charge is 2.29. The summed E-state index contributed by atoms with van der Waals surface area (Å²) in [5.74, 6) is 0.262. The second-order valence-electron chi connectivity index (χ2n) is 9.42. The standard InChI is InChI=1S/C23H32O4S/c1-15-11-9-10-12-20(15)28(25,26)27-16(2)17-13-18(22(3,4)5)21(24)19(14-17)23(6,7)8/h9-14,16,24H,1-8H3. The van der Waals surface area contributed by atoms with E-state index in [9.17, 15) is 13.5 Å². The molecule has 28 heavy (non-hydrogen) atoms. The molecule has 1 atom stereocenters. The topological polar surface area (TPSA) is 63.6 Å². The van der Waals surface area contributed by atoms with Crippen LogP contribution in [0.5, 0.6) is 5.75 Å². The molecule has 5 heteroatoms. The molecule has 2 aromatic carbocycles. The molecule has 0 saturated heterocycles. The molecular weight excluding hydrogens is 372 g/mol. The zero-order chi connectivity index (χ0) is 21.5. The van der Waals surface area contributed by atoms with Crippen molar-refractivity contribution in [3.8, 4) is 5.75 Å². The minimum absolute atomic E-state index is 0.174. The molecule has 0 amide bonds. The van der Waals surface area contributed by atoms with Gasteiger partial charge in [0.2, 0.25) is 0 Å². The molecular formula is C23H32O4S. The molecule has 2 aromatic rings. The molecule has 0 aliphatic rings. The third-order valence-corrected chi connectivity index (χ3v) is 6.39. The van der Waals surface area contributed by atoms with Crippen molar-refractivity contribution >= 4 is 10.1 Å². The Kier molecular flexibility index (Phi) is 6.03. The van der Waals surface area contributed by atoms with E-state index in [0.29, 0.717) is 5.56 Å². The molecule has 4 nitrogen and oxygen atoms in total. The zero-order valence-corrected chi connectivity index (χ0v) is 18.9. The number of aromatic hydroxyl groups is 1. The summed E-state index contributed by atoms with van der Waals surface area (Å²) in [6, 6.07) is 10.5. The highest BCUT2D eigenvalue weighted by molar-refractivity contribution is 7.86. The third-order valence-electron chi connectivity index (χ3n) is 4.85. The summed E-state index contributed by atoms with van der Waals surface area (Å²) < 4.78 is 31.1. The molecule has 0 bridgehead atoms. The lowest BCUT2D eigenvalue weighted by atomic mass is 9.78. The predicted octanol–water partition coefficient (Wildman–Crippen LogP) is 5.76. The van der Waals surface area contributed by atoms with E-state index in [4.69, 9.17) is 4.18 Å². The average Bonchev–Trinajstić information content (AvgIpc) is 2.52.